The van der Waals surface area contributed by atoms with Gasteiger partial charge in [-0.05, 0) is 42.5 Å². The number of benzene rings is 2. The van der Waals surface area contributed by atoms with Crippen LogP contribution < -0.4 is 9.47 Å². The van der Waals surface area contributed by atoms with Crippen LogP contribution in [0.2, 0.25) is 0 Å². The molecule has 0 bridgehead atoms. The number of ether oxygens (including phenoxy) is 2. The van der Waals surface area contributed by atoms with E-state index in [9.17, 15) is 14.9 Å². The number of nitriles is 1. The van der Waals surface area contributed by atoms with E-state index >= 15 is 0 Å². The monoisotopic (exact) mass is 429 g/mol. The second kappa shape index (κ2) is 13.4. The molecule has 0 radical (unpaired) electrons. The zero-order chi connectivity index (χ0) is 23.2. The molecule has 32 heavy (non-hydrogen) atoms. The van der Waals surface area contributed by atoms with Crippen molar-refractivity contribution < 1.29 is 19.1 Å². The number of allylic oxidation sites excluding steroid dienone is 6. The van der Waals surface area contributed by atoms with Gasteiger partial charge in [0.15, 0.2) is 5.75 Å². The molecule has 2 aromatic rings. The Kier molecular flexibility index (Phi) is 10.2. The van der Waals surface area contributed by atoms with Gasteiger partial charge < -0.3 is 9.47 Å². The van der Waals surface area contributed by atoms with Gasteiger partial charge in [0.2, 0.25) is 0 Å². The number of carbonyl (C=O) groups is 2. The molecular formula is C27H27NO4. The molecule has 0 atom stereocenters. The lowest BCUT2D eigenvalue weighted by Crippen LogP contribution is -2.06. The van der Waals surface area contributed by atoms with Gasteiger partial charge in [0, 0.05) is 17.5 Å². The lowest BCUT2D eigenvalue weighted by Gasteiger charge is -2.09. The molecule has 0 saturated heterocycles. The van der Waals surface area contributed by atoms with Gasteiger partial charge in [-0.25, -0.2) is 9.59 Å². The standard InChI is InChI=1S/C27H27NO4/c1-3-5-7-9-11-13-25(29)31-23-17-18-24-21(19-23)15-16-22(20-28)27(24)32-26(30)14-12-10-8-6-4-2/h7-19H,3-6H2,1-2H3. The van der Waals surface area contributed by atoms with E-state index in [0.29, 0.717) is 16.5 Å². The summed E-state index contributed by atoms with van der Waals surface area (Å²) >= 11 is 0. The molecule has 0 aliphatic rings. The molecular weight excluding hydrogens is 402 g/mol. The highest BCUT2D eigenvalue weighted by Crippen LogP contribution is 2.32. The molecule has 0 aliphatic carbocycles. The van der Waals surface area contributed by atoms with Gasteiger partial charge in [-0.15, -0.1) is 0 Å². The normalized spacial score (nSPS) is 11.7. The maximum atomic E-state index is 12.2. The van der Waals surface area contributed by atoms with Gasteiger partial charge in [-0.2, -0.15) is 5.26 Å². The number of esters is 2. The second-order valence-corrected chi connectivity index (χ2v) is 6.93. The summed E-state index contributed by atoms with van der Waals surface area (Å²) in [5.74, 6) is -0.539. The van der Waals surface area contributed by atoms with Gasteiger partial charge in [0.1, 0.15) is 11.8 Å². The molecule has 0 saturated carbocycles. The first kappa shape index (κ1) is 24.4. The fourth-order valence-corrected chi connectivity index (χ4v) is 2.78. The lowest BCUT2D eigenvalue weighted by atomic mass is 10.1. The molecule has 0 heterocycles. The molecule has 164 valence electrons. The first-order valence-corrected chi connectivity index (χ1v) is 10.7. The van der Waals surface area contributed by atoms with Crippen LogP contribution in [0.1, 0.15) is 45.1 Å². The molecule has 0 amide bonds. The van der Waals surface area contributed by atoms with Gasteiger partial charge in [0.25, 0.3) is 0 Å². The molecule has 5 heteroatoms. The van der Waals surface area contributed by atoms with Crippen molar-refractivity contribution in [2.24, 2.45) is 0 Å². The van der Waals surface area contributed by atoms with Crippen LogP contribution in [0.4, 0.5) is 0 Å². The number of nitrogens with zero attached hydrogens (tertiary/aromatic N) is 1. The number of unbranched alkanes of at least 4 members (excludes halogenated alkanes) is 2. The zero-order valence-corrected chi connectivity index (χ0v) is 18.4. The average molecular weight is 430 g/mol. The predicted octanol–water partition coefficient (Wildman–Crippen LogP) is 6.35. The quantitative estimate of drug-likeness (QED) is 0.190. The Hall–Kier alpha value is -3.91. The summed E-state index contributed by atoms with van der Waals surface area (Å²) in [7, 11) is 0. The highest BCUT2D eigenvalue weighted by Gasteiger charge is 2.13. The first-order valence-electron chi connectivity index (χ1n) is 10.7. The molecule has 2 rings (SSSR count). The van der Waals surface area contributed by atoms with Crippen LogP contribution in [0.5, 0.6) is 11.5 Å². The minimum Gasteiger partial charge on any atom is -0.423 e. The van der Waals surface area contributed by atoms with E-state index in [-0.39, 0.29) is 11.3 Å². The summed E-state index contributed by atoms with van der Waals surface area (Å²) in [6, 6.07) is 10.3. The maximum Gasteiger partial charge on any atom is 0.336 e. The fraction of sp³-hybridized carbons (Fsp3) is 0.222. The molecule has 0 N–H and O–H groups in total. The Balaban J connectivity index is 2.18. The Morgan fingerprint density at radius 1 is 0.875 bits per heavy atom. The van der Waals surface area contributed by atoms with Gasteiger partial charge >= 0.3 is 11.9 Å². The van der Waals surface area contributed by atoms with Crippen LogP contribution in [0, 0.1) is 11.3 Å². The van der Waals surface area contributed by atoms with Crippen molar-refractivity contribution in [1.29, 1.82) is 5.26 Å². The average Bonchev–Trinajstić information content (AvgIpc) is 2.79. The van der Waals surface area contributed by atoms with E-state index in [1.54, 1.807) is 48.6 Å². The fourth-order valence-electron chi connectivity index (χ4n) is 2.78. The Morgan fingerprint density at radius 2 is 1.50 bits per heavy atom. The van der Waals surface area contributed by atoms with Crippen LogP contribution >= 0.6 is 0 Å². The largest absolute Gasteiger partial charge is 0.423 e. The van der Waals surface area contributed by atoms with Crippen LogP contribution in [0.15, 0.2) is 78.9 Å². The van der Waals surface area contributed by atoms with Crippen molar-refractivity contribution in [2.75, 3.05) is 0 Å². The van der Waals surface area contributed by atoms with Crippen LogP contribution in [0.25, 0.3) is 10.8 Å². The molecule has 2 aromatic carbocycles. The third-order valence-electron chi connectivity index (χ3n) is 4.35. The van der Waals surface area contributed by atoms with Crippen molar-refractivity contribution in [2.45, 2.75) is 39.5 Å². The minimum atomic E-state index is -0.577. The second-order valence-electron chi connectivity index (χ2n) is 6.93. The van der Waals surface area contributed by atoms with E-state index in [1.807, 2.05) is 24.3 Å². The lowest BCUT2D eigenvalue weighted by molar-refractivity contribution is -0.129. The van der Waals surface area contributed by atoms with Crippen LogP contribution in [-0.2, 0) is 9.59 Å². The van der Waals surface area contributed by atoms with Crippen molar-refractivity contribution in [3.63, 3.8) is 0 Å². The molecule has 0 aromatic heterocycles. The number of hydrogen-bond donors (Lipinski definition) is 0. The third kappa shape index (κ3) is 7.73. The Bertz CT molecular complexity index is 1100. The summed E-state index contributed by atoms with van der Waals surface area (Å²) in [4.78, 5) is 24.2. The first-order chi connectivity index (χ1) is 15.6. The van der Waals surface area contributed by atoms with Crippen molar-refractivity contribution >= 4 is 22.7 Å². The Morgan fingerprint density at radius 3 is 2.09 bits per heavy atom. The van der Waals surface area contributed by atoms with Gasteiger partial charge in [0.05, 0.1) is 5.56 Å². The summed E-state index contributed by atoms with van der Waals surface area (Å²) in [6.45, 7) is 4.15. The van der Waals surface area contributed by atoms with E-state index in [0.717, 1.165) is 25.7 Å². The minimum absolute atomic E-state index is 0.177. The highest BCUT2D eigenvalue weighted by molar-refractivity contribution is 5.95. The summed E-state index contributed by atoms with van der Waals surface area (Å²) in [5.41, 5.74) is 0.243. The number of hydrogen-bond acceptors (Lipinski definition) is 5. The summed E-state index contributed by atoms with van der Waals surface area (Å²) < 4.78 is 10.8. The molecule has 0 fully saturated rings. The SMILES string of the molecule is CCCC=CC=CC(=O)Oc1ccc2c(OC(=O)C=CC=CCCC)c(C#N)ccc2c1. The number of fused-ring (bicyclic) bond motifs is 1. The van der Waals surface area contributed by atoms with E-state index in [2.05, 4.69) is 13.8 Å². The van der Waals surface area contributed by atoms with E-state index in [1.165, 1.54) is 12.2 Å². The van der Waals surface area contributed by atoms with Crippen LogP contribution in [-0.4, -0.2) is 11.9 Å². The highest BCUT2D eigenvalue weighted by atomic mass is 16.5. The topological polar surface area (TPSA) is 76.4 Å². The summed E-state index contributed by atoms with van der Waals surface area (Å²) in [6.07, 6.45) is 17.4. The van der Waals surface area contributed by atoms with E-state index < -0.39 is 11.9 Å². The summed E-state index contributed by atoms with van der Waals surface area (Å²) in [5, 5.41) is 10.7. The van der Waals surface area contributed by atoms with Gasteiger partial charge in [-0.3, -0.25) is 0 Å². The van der Waals surface area contributed by atoms with Crippen LogP contribution in [0.3, 0.4) is 0 Å². The molecule has 0 aliphatic heterocycles. The number of rotatable bonds is 10. The smallest absolute Gasteiger partial charge is 0.336 e. The molecule has 0 unspecified atom stereocenters. The Labute approximate surface area is 189 Å². The van der Waals surface area contributed by atoms with Crippen molar-refractivity contribution in [1.82, 2.24) is 0 Å². The third-order valence-corrected chi connectivity index (χ3v) is 4.35. The number of carbonyl (C=O) groups excluding carboxylic acids is 2. The predicted molar refractivity (Wildman–Crippen MR) is 126 cm³/mol. The molecule has 0 spiro atoms. The molecule has 5 nitrogen and oxygen atoms in total. The zero-order valence-electron chi connectivity index (χ0n) is 18.4. The van der Waals surface area contributed by atoms with Gasteiger partial charge in [-0.1, -0.05) is 69.2 Å². The van der Waals surface area contributed by atoms with Crippen molar-refractivity contribution in [3.8, 4) is 17.6 Å². The van der Waals surface area contributed by atoms with E-state index in [4.69, 9.17) is 9.47 Å². The van der Waals surface area contributed by atoms with Crippen molar-refractivity contribution in [3.05, 3.63) is 84.5 Å². The maximum absolute atomic E-state index is 12.2.